The van der Waals surface area contributed by atoms with E-state index in [0.29, 0.717) is 5.92 Å². The summed E-state index contributed by atoms with van der Waals surface area (Å²) in [5, 5.41) is 3.27. The Labute approximate surface area is 121 Å². The van der Waals surface area contributed by atoms with Crippen molar-refractivity contribution in [2.24, 2.45) is 5.92 Å². The molecule has 0 spiro atoms. The summed E-state index contributed by atoms with van der Waals surface area (Å²) in [6.07, 6.45) is 3.01. The Hall–Kier alpha value is -1.61. The molecule has 2 nitrogen and oxygen atoms in total. The summed E-state index contributed by atoms with van der Waals surface area (Å²) >= 11 is 0. The first-order valence-electron chi connectivity index (χ1n) is 7.16. The highest BCUT2D eigenvalue weighted by molar-refractivity contribution is 5.53. The standard InChI is InChI=1S/C15H18FNO.C2H6/c1-3-15(11(2)12-8-9-18-10-12)17-14-6-4-13(16)5-7-14;1-2/h3-7,12,17H,2,8-10H2,1H3;1-2H3/b15-3-;. The predicted octanol–water partition coefficient (Wildman–Crippen LogP) is 4.76. The molecule has 3 heteroatoms. The highest BCUT2D eigenvalue weighted by atomic mass is 19.1. The Balaban J connectivity index is 0.000000956. The Morgan fingerprint density at radius 3 is 2.50 bits per heavy atom. The van der Waals surface area contributed by atoms with Crippen LogP contribution < -0.4 is 5.32 Å². The molecule has 1 aromatic rings. The van der Waals surface area contributed by atoms with Gasteiger partial charge in [0.25, 0.3) is 0 Å². The summed E-state index contributed by atoms with van der Waals surface area (Å²) in [7, 11) is 0. The molecule has 1 atom stereocenters. The molecule has 0 radical (unpaired) electrons. The fourth-order valence-corrected chi connectivity index (χ4v) is 2.06. The van der Waals surface area contributed by atoms with Crippen LogP contribution in [0.3, 0.4) is 0 Å². The number of rotatable bonds is 4. The number of hydrogen-bond acceptors (Lipinski definition) is 2. The highest BCUT2D eigenvalue weighted by Gasteiger charge is 2.20. The predicted molar refractivity (Wildman–Crippen MR) is 83.2 cm³/mol. The van der Waals surface area contributed by atoms with Crippen LogP contribution in [0.25, 0.3) is 0 Å². The van der Waals surface area contributed by atoms with E-state index in [4.69, 9.17) is 4.74 Å². The Morgan fingerprint density at radius 2 is 2.00 bits per heavy atom. The van der Waals surface area contributed by atoms with Crippen LogP contribution in [-0.4, -0.2) is 13.2 Å². The lowest BCUT2D eigenvalue weighted by molar-refractivity contribution is 0.190. The fraction of sp³-hybridized carbons (Fsp3) is 0.412. The monoisotopic (exact) mass is 277 g/mol. The molecule has 1 aromatic carbocycles. The van der Waals surface area contributed by atoms with Crippen molar-refractivity contribution in [1.82, 2.24) is 0 Å². The van der Waals surface area contributed by atoms with E-state index < -0.39 is 0 Å². The van der Waals surface area contributed by atoms with Gasteiger partial charge in [0.1, 0.15) is 5.82 Å². The van der Waals surface area contributed by atoms with Crippen LogP contribution in [0.15, 0.2) is 48.2 Å². The molecule has 0 aliphatic carbocycles. The van der Waals surface area contributed by atoms with Crippen molar-refractivity contribution in [1.29, 1.82) is 0 Å². The van der Waals surface area contributed by atoms with Crippen LogP contribution in [-0.2, 0) is 4.74 Å². The third-order valence-electron chi connectivity index (χ3n) is 3.18. The second kappa shape index (κ2) is 8.54. The van der Waals surface area contributed by atoms with Crippen molar-refractivity contribution in [3.05, 3.63) is 54.0 Å². The van der Waals surface area contributed by atoms with Crippen LogP contribution in [0.4, 0.5) is 10.1 Å². The van der Waals surface area contributed by atoms with Gasteiger partial charge in [0.2, 0.25) is 0 Å². The average molecular weight is 277 g/mol. The second-order valence-corrected chi connectivity index (χ2v) is 4.42. The first-order chi connectivity index (χ1) is 9.70. The summed E-state index contributed by atoms with van der Waals surface area (Å²) in [5.41, 5.74) is 2.90. The van der Waals surface area contributed by atoms with Gasteiger partial charge in [-0.3, -0.25) is 0 Å². The van der Waals surface area contributed by atoms with E-state index in [1.165, 1.54) is 12.1 Å². The van der Waals surface area contributed by atoms with E-state index in [1.807, 2.05) is 26.8 Å². The zero-order chi connectivity index (χ0) is 15.0. The van der Waals surface area contributed by atoms with Crippen LogP contribution in [0, 0.1) is 11.7 Å². The summed E-state index contributed by atoms with van der Waals surface area (Å²) in [6, 6.07) is 6.32. The molecule has 1 heterocycles. The average Bonchev–Trinajstić information content (AvgIpc) is 3.02. The first kappa shape index (κ1) is 16.4. The zero-order valence-corrected chi connectivity index (χ0v) is 12.6. The van der Waals surface area contributed by atoms with Gasteiger partial charge < -0.3 is 10.1 Å². The van der Waals surface area contributed by atoms with E-state index in [0.717, 1.165) is 36.6 Å². The number of nitrogens with one attached hydrogen (secondary N) is 1. The molecule has 1 saturated heterocycles. The molecule has 1 fully saturated rings. The third kappa shape index (κ3) is 4.49. The van der Waals surface area contributed by atoms with Gasteiger partial charge in [-0.25, -0.2) is 4.39 Å². The van der Waals surface area contributed by atoms with Crippen LogP contribution in [0.1, 0.15) is 27.2 Å². The van der Waals surface area contributed by atoms with Crippen LogP contribution >= 0.6 is 0 Å². The molecule has 0 bridgehead atoms. The largest absolute Gasteiger partial charge is 0.381 e. The summed E-state index contributed by atoms with van der Waals surface area (Å²) < 4.78 is 18.2. The van der Waals surface area contributed by atoms with Gasteiger partial charge in [-0.15, -0.1) is 0 Å². The van der Waals surface area contributed by atoms with Gasteiger partial charge in [-0.05, 0) is 43.2 Å². The lowest BCUT2D eigenvalue weighted by Gasteiger charge is -2.17. The molecule has 0 saturated carbocycles. The van der Waals surface area contributed by atoms with Gasteiger partial charge in [-0.1, -0.05) is 26.5 Å². The van der Waals surface area contributed by atoms with Gasteiger partial charge in [-0.2, -0.15) is 0 Å². The van der Waals surface area contributed by atoms with E-state index in [-0.39, 0.29) is 5.82 Å². The van der Waals surface area contributed by atoms with Gasteiger partial charge in [0.05, 0.1) is 6.61 Å². The highest BCUT2D eigenvalue weighted by Crippen LogP contribution is 2.26. The molecule has 110 valence electrons. The molecule has 20 heavy (non-hydrogen) atoms. The molecule has 2 rings (SSSR count). The normalized spacial score (nSPS) is 18.2. The van der Waals surface area contributed by atoms with Gasteiger partial charge >= 0.3 is 0 Å². The first-order valence-corrected chi connectivity index (χ1v) is 7.16. The number of ether oxygens (including phenoxy) is 1. The minimum Gasteiger partial charge on any atom is -0.381 e. The molecule has 0 aromatic heterocycles. The Bertz CT molecular complexity index is 445. The number of allylic oxidation sites excluding steroid dienone is 2. The molecule has 1 aliphatic rings. The summed E-state index contributed by atoms with van der Waals surface area (Å²) in [6.45, 7) is 11.6. The maximum absolute atomic E-state index is 12.8. The summed E-state index contributed by atoms with van der Waals surface area (Å²) in [5.74, 6) is 0.148. The van der Waals surface area contributed by atoms with Crippen molar-refractivity contribution < 1.29 is 9.13 Å². The van der Waals surface area contributed by atoms with Crippen molar-refractivity contribution >= 4 is 5.69 Å². The van der Waals surface area contributed by atoms with E-state index in [9.17, 15) is 4.39 Å². The third-order valence-corrected chi connectivity index (χ3v) is 3.18. The summed E-state index contributed by atoms with van der Waals surface area (Å²) in [4.78, 5) is 0. The maximum Gasteiger partial charge on any atom is 0.123 e. The molecular weight excluding hydrogens is 253 g/mol. The van der Waals surface area contributed by atoms with E-state index >= 15 is 0 Å². The number of hydrogen-bond donors (Lipinski definition) is 1. The minimum atomic E-state index is -0.231. The smallest absolute Gasteiger partial charge is 0.123 e. The fourth-order valence-electron chi connectivity index (χ4n) is 2.06. The van der Waals surface area contributed by atoms with E-state index in [2.05, 4.69) is 11.9 Å². The SMILES string of the molecule is C=C(/C(=C/C)Nc1ccc(F)cc1)C1CCOC1.CC. The Morgan fingerprint density at radius 1 is 1.35 bits per heavy atom. The van der Waals surface area contributed by atoms with Gasteiger partial charge in [0.15, 0.2) is 0 Å². The van der Waals surface area contributed by atoms with Crippen molar-refractivity contribution in [2.75, 3.05) is 18.5 Å². The quantitative estimate of drug-likeness (QED) is 0.801. The number of anilines is 1. The lowest BCUT2D eigenvalue weighted by atomic mass is 9.96. The van der Waals surface area contributed by atoms with Crippen LogP contribution in [0.2, 0.25) is 0 Å². The molecule has 1 aliphatic heterocycles. The zero-order valence-electron chi connectivity index (χ0n) is 12.6. The Kier molecular flexibility index (Phi) is 7.02. The van der Waals surface area contributed by atoms with Gasteiger partial charge in [0, 0.05) is 23.9 Å². The number of halogens is 1. The molecular formula is C17H24FNO. The van der Waals surface area contributed by atoms with Crippen molar-refractivity contribution in [2.45, 2.75) is 27.2 Å². The topological polar surface area (TPSA) is 21.3 Å². The van der Waals surface area contributed by atoms with Crippen LogP contribution in [0.5, 0.6) is 0 Å². The minimum absolute atomic E-state index is 0.231. The maximum atomic E-state index is 12.8. The molecule has 1 N–H and O–H groups in total. The molecule has 1 unspecified atom stereocenters. The molecule has 0 amide bonds. The second-order valence-electron chi connectivity index (χ2n) is 4.42. The number of benzene rings is 1. The van der Waals surface area contributed by atoms with E-state index in [1.54, 1.807) is 12.1 Å². The van der Waals surface area contributed by atoms with Crippen molar-refractivity contribution in [3.8, 4) is 0 Å². The lowest BCUT2D eigenvalue weighted by Crippen LogP contribution is -2.10. The van der Waals surface area contributed by atoms with Crippen molar-refractivity contribution in [3.63, 3.8) is 0 Å².